The van der Waals surface area contributed by atoms with Crippen molar-refractivity contribution in [2.45, 2.75) is 9.79 Å². The molecule has 0 radical (unpaired) electrons. The second-order valence-electron chi connectivity index (χ2n) is 7.00. The summed E-state index contributed by atoms with van der Waals surface area (Å²) in [5.41, 5.74) is 2.58. The lowest BCUT2D eigenvalue weighted by atomic mass is 10.2. The molecule has 1 heterocycles. The molecule has 0 bridgehead atoms. The Balaban J connectivity index is 1.80. The van der Waals surface area contributed by atoms with Gasteiger partial charge >= 0.3 is 0 Å². The van der Waals surface area contributed by atoms with Crippen molar-refractivity contribution in [2.75, 3.05) is 14.2 Å². The summed E-state index contributed by atoms with van der Waals surface area (Å²) < 4.78 is 66.0. The van der Waals surface area contributed by atoms with Gasteiger partial charge in [-0.3, -0.25) is 10.2 Å². The number of benzene rings is 3. The summed E-state index contributed by atoms with van der Waals surface area (Å²) in [6.45, 7) is 0. The summed E-state index contributed by atoms with van der Waals surface area (Å²) in [5, 5.41) is 0. The molecule has 0 spiro atoms. The molecule has 0 unspecified atom stereocenters. The van der Waals surface area contributed by atoms with Gasteiger partial charge in [-0.15, -0.1) is 8.81 Å². The zero-order valence-electron chi connectivity index (χ0n) is 18.0. The van der Waals surface area contributed by atoms with Gasteiger partial charge in [-0.05, 0) is 60.7 Å². The molecule has 1 aliphatic rings. The zero-order valence-corrected chi connectivity index (χ0v) is 19.6. The highest BCUT2D eigenvalue weighted by Crippen LogP contribution is 2.27. The molecule has 3 aromatic rings. The number of nitrogens with one attached hydrogen (secondary N) is 1. The fraction of sp³-hybridized carbons (Fsp3) is 0.0909. The topological polar surface area (TPSA) is 131 Å². The number of ether oxygens (including phenoxy) is 2. The Bertz CT molecular complexity index is 1480. The number of hydrogen-bond acceptors (Lipinski definition) is 8. The maximum atomic E-state index is 13.5. The van der Waals surface area contributed by atoms with Gasteiger partial charge in [-0.25, -0.2) is 0 Å². The average molecular weight is 502 g/mol. The van der Waals surface area contributed by atoms with Gasteiger partial charge in [0.2, 0.25) is 0 Å². The van der Waals surface area contributed by atoms with Gasteiger partial charge in [-0.1, -0.05) is 12.1 Å². The fourth-order valence-corrected chi connectivity index (χ4v) is 5.60. The standard InChI is InChI=1S/C22H19N3O7S2/c1-31-16-9-7-15(8-10-16)22(26)25(34(29,30)18-13-11-17(32-2)12-14-18)23-21-19-5-3-4-6-20(19)33(27,28)24-21/h3-14H,1-2H3,(H,23,24). The highest BCUT2D eigenvalue weighted by atomic mass is 32.2. The number of amidine groups is 1. The second-order valence-corrected chi connectivity index (χ2v) is 10.4. The van der Waals surface area contributed by atoms with E-state index in [2.05, 4.69) is 9.82 Å². The molecule has 1 N–H and O–H groups in total. The van der Waals surface area contributed by atoms with Crippen LogP contribution in [0.15, 0.2) is 87.0 Å². The molecule has 0 saturated heterocycles. The Morgan fingerprint density at radius 1 is 0.882 bits per heavy atom. The number of methoxy groups -OCH3 is 2. The lowest BCUT2D eigenvalue weighted by Crippen LogP contribution is -2.49. The third-order valence-corrected chi connectivity index (χ3v) is 7.90. The van der Waals surface area contributed by atoms with Crippen LogP contribution in [0, 0.1) is 0 Å². The number of fused-ring (bicyclic) bond motifs is 1. The third kappa shape index (κ3) is 4.20. The van der Waals surface area contributed by atoms with Gasteiger partial charge in [0.15, 0.2) is 5.84 Å². The predicted molar refractivity (Wildman–Crippen MR) is 123 cm³/mol. The highest BCUT2D eigenvalue weighted by molar-refractivity contribution is 7.91. The van der Waals surface area contributed by atoms with E-state index in [4.69, 9.17) is 9.47 Å². The molecule has 4 rings (SSSR count). The molecule has 0 fully saturated rings. The molecule has 0 atom stereocenters. The SMILES string of the molecule is COc1ccc(C(=O)N(NC2=NS(=O)(=O)c3ccccc32)S(=O)(=O)c2ccc(OC)cc2)cc1. The minimum absolute atomic E-state index is 0.0140. The molecule has 3 aromatic carbocycles. The zero-order chi connectivity index (χ0) is 24.5. The average Bonchev–Trinajstić information content (AvgIpc) is 3.12. The van der Waals surface area contributed by atoms with E-state index < -0.39 is 26.0 Å². The predicted octanol–water partition coefficient (Wildman–Crippen LogP) is 2.19. The molecular formula is C22H19N3O7S2. The highest BCUT2D eigenvalue weighted by Gasteiger charge is 2.36. The van der Waals surface area contributed by atoms with Crippen molar-refractivity contribution in [3.63, 3.8) is 0 Å². The summed E-state index contributed by atoms with van der Waals surface area (Å²) in [4.78, 5) is 13.0. The van der Waals surface area contributed by atoms with E-state index in [0.717, 1.165) is 0 Å². The summed E-state index contributed by atoms with van der Waals surface area (Å²) >= 11 is 0. The Hall–Kier alpha value is -3.90. The van der Waals surface area contributed by atoms with Crippen molar-refractivity contribution in [3.05, 3.63) is 83.9 Å². The molecule has 0 aromatic heterocycles. The van der Waals surface area contributed by atoms with E-state index in [1.807, 2.05) is 0 Å². The first-order valence-electron chi connectivity index (χ1n) is 9.76. The van der Waals surface area contributed by atoms with Crippen LogP contribution in [0.2, 0.25) is 0 Å². The molecule has 1 amide bonds. The number of hydrogen-bond donors (Lipinski definition) is 1. The van der Waals surface area contributed by atoms with Gasteiger partial charge in [0.1, 0.15) is 16.4 Å². The fourth-order valence-electron chi connectivity index (χ4n) is 3.21. The Labute approximate surface area is 196 Å². The number of nitrogens with zero attached hydrogens (tertiary/aromatic N) is 2. The minimum atomic E-state index is -4.51. The van der Waals surface area contributed by atoms with E-state index >= 15 is 0 Å². The van der Waals surface area contributed by atoms with Crippen LogP contribution >= 0.6 is 0 Å². The van der Waals surface area contributed by atoms with E-state index in [1.165, 1.54) is 80.9 Å². The van der Waals surface area contributed by atoms with E-state index in [-0.39, 0.29) is 26.8 Å². The molecule has 0 aliphatic carbocycles. The Kier molecular flexibility index (Phi) is 6.02. The molecule has 10 nitrogen and oxygen atoms in total. The number of rotatable bonds is 5. The van der Waals surface area contributed by atoms with E-state index in [9.17, 15) is 21.6 Å². The van der Waals surface area contributed by atoms with Crippen LogP contribution in [0.5, 0.6) is 11.5 Å². The Morgan fingerprint density at radius 3 is 2.03 bits per heavy atom. The van der Waals surface area contributed by atoms with Crippen LogP contribution in [0.25, 0.3) is 0 Å². The van der Waals surface area contributed by atoms with Crippen molar-refractivity contribution < 1.29 is 31.1 Å². The summed E-state index contributed by atoms with van der Waals surface area (Å²) in [6.07, 6.45) is 0. The van der Waals surface area contributed by atoms with Crippen LogP contribution in [-0.2, 0) is 20.0 Å². The molecule has 12 heteroatoms. The van der Waals surface area contributed by atoms with Gasteiger partial charge in [-0.2, -0.15) is 16.8 Å². The third-order valence-electron chi connectivity index (χ3n) is 4.96. The first-order chi connectivity index (χ1) is 16.2. The Morgan fingerprint density at radius 2 is 1.44 bits per heavy atom. The maximum Gasteiger partial charge on any atom is 0.286 e. The van der Waals surface area contributed by atoms with Crippen LogP contribution in [0.4, 0.5) is 0 Å². The second kappa shape index (κ2) is 8.80. The van der Waals surface area contributed by atoms with Crippen molar-refractivity contribution >= 4 is 31.8 Å². The first-order valence-corrected chi connectivity index (χ1v) is 12.6. The maximum absolute atomic E-state index is 13.5. The summed E-state index contributed by atoms with van der Waals surface area (Å²) in [5.74, 6) is -0.369. The van der Waals surface area contributed by atoms with Crippen molar-refractivity contribution in [3.8, 4) is 11.5 Å². The van der Waals surface area contributed by atoms with Crippen LogP contribution < -0.4 is 14.9 Å². The molecule has 0 saturated carbocycles. The van der Waals surface area contributed by atoms with Crippen LogP contribution in [0.3, 0.4) is 0 Å². The molecule has 1 aliphatic heterocycles. The molecule has 34 heavy (non-hydrogen) atoms. The van der Waals surface area contributed by atoms with Crippen LogP contribution in [-0.4, -0.2) is 47.2 Å². The quantitative estimate of drug-likeness (QED) is 0.527. The van der Waals surface area contributed by atoms with Gasteiger partial charge in [0.25, 0.3) is 26.0 Å². The number of carbonyl (C=O) groups excluding carboxylic acids is 1. The van der Waals surface area contributed by atoms with Gasteiger partial charge in [0.05, 0.1) is 19.1 Å². The summed E-state index contributed by atoms with van der Waals surface area (Å²) in [6, 6.07) is 17.1. The largest absolute Gasteiger partial charge is 0.497 e. The van der Waals surface area contributed by atoms with Crippen molar-refractivity contribution in [1.82, 2.24) is 9.84 Å². The lowest BCUT2D eigenvalue weighted by Gasteiger charge is -2.24. The minimum Gasteiger partial charge on any atom is -0.497 e. The molecule has 176 valence electrons. The van der Waals surface area contributed by atoms with E-state index in [1.54, 1.807) is 6.07 Å². The summed E-state index contributed by atoms with van der Waals surface area (Å²) in [7, 11) is -5.68. The number of amides is 1. The monoisotopic (exact) mass is 501 g/mol. The normalized spacial score (nSPS) is 14.0. The van der Waals surface area contributed by atoms with Crippen LogP contribution in [0.1, 0.15) is 15.9 Å². The van der Waals surface area contributed by atoms with E-state index in [0.29, 0.717) is 15.9 Å². The van der Waals surface area contributed by atoms with Crippen molar-refractivity contribution in [1.29, 1.82) is 0 Å². The lowest BCUT2D eigenvalue weighted by molar-refractivity contribution is 0.0838. The van der Waals surface area contributed by atoms with Gasteiger partial charge in [0, 0.05) is 11.1 Å². The van der Waals surface area contributed by atoms with Gasteiger partial charge < -0.3 is 9.47 Å². The smallest absolute Gasteiger partial charge is 0.286 e. The molecular weight excluding hydrogens is 482 g/mol. The van der Waals surface area contributed by atoms with Crippen molar-refractivity contribution in [2.24, 2.45) is 4.40 Å². The number of carbonyl (C=O) groups is 1. The number of hydrazine groups is 1. The number of sulfonamides is 2. The first kappa shape index (κ1) is 23.3.